The van der Waals surface area contributed by atoms with Crippen LogP contribution in [0.15, 0.2) is 16.5 Å². The van der Waals surface area contributed by atoms with Gasteiger partial charge in [-0.3, -0.25) is 0 Å². The van der Waals surface area contributed by atoms with Crippen molar-refractivity contribution in [2.75, 3.05) is 6.54 Å². The van der Waals surface area contributed by atoms with Gasteiger partial charge in [0.15, 0.2) is 0 Å². The molecule has 66 valence electrons. The van der Waals surface area contributed by atoms with Crippen LogP contribution in [-0.2, 0) is 0 Å². The highest BCUT2D eigenvalue weighted by atomic mass is 16.3. The first-order valence-electron chi connectivity index (χ1n) is 4.57. The van der Waals surface area contributed by atoms with Gasteiger partial charge >= 0.3 is 0 Å². The van der Waals surface area contributed by atoms with Crippen LogP contribution in [0.25, 0.3) is 0 Å². The van der Waals surface area contributed by atoms with Crippen LogP contribution in [0.3, 0.4) is 0 Å². The van der Waals surface area contributed by atoms with Crippen LogP contribution < -0.4 is 5.32 Å². The molecule has 0 radical (unpaired) electrons. The fraction of sp³-hybridized carbons (Fsp3) is 0.600. The van der Waals surface area contributed by atoms with Gasteiger partial charge in [-0.1, -0.05) is 0 Å². The number of hydrogen-bond donors (Lipinski definition) is 1. The van der Waals surface area contributed by atoms with Crippen molar-refractivity contribution in [3.05, 3.63) is 23.7 Å². The zero-order chi connectivity index (χ0) is 8.55. The molecule has 1 aromatic rings. The van der Waals surface area contributed by atoms with Gasteiger partial charge in [0.1, 0.15) is 11.5 Å². The fourth-order valence-corrected chi connectivity index (χ4v) is 1.90. The summed E-state index contributed by atoms with van der Waals surface area (Å²) in [5, 5.41) is 3.42. The lowest BCUT2D eigenvalue weighted by Gasteiger charge is -2.11. The lowest BCUT2D eigenvalue weighted by Crippen LogP contribution is -2.21. The fourth-order valence-electron chi connectivity index (χ4n) is 1.90. The minimum absolute atomic E-state index is 0.565. The van der Waals surface area contributed by atoms with E-state index < -0.39 is 0 Å². The molecule has 1 saturated heterocycles. The maximum atomic E-state index is 5.60. The monoisotopic (exact) mass is 165 g/mol. The van der Waals surface area contributed by atoms with E-state index in [1.165, 1.54) is 6.42 Å². The van der Waals surface area contributed by atoms with E-state index in [2.05, 4.69) is 18.3 Å². The van der Waals surface area contributed by atoms with Crippen molar-refractivity contribution < 1.29 is 4.42 Å². The highest BCUT2D eigenvalue weighted by Crippen LogP contribution is 2.28. The van der Waals surface area contributed by atoms with E-state index >= 15 is 0 Å². The van der Waals surface area contributed by atoms with Gasteiger partial charge in [0.25, 0.3) is 0 Å². The van der Waals surface area contributed by atoms with Gasteiger partial charge in [0.2, 0.25) is 0 Å². The van der Waals surface area contributed by atoms with Gasteiger partial charge in [0.05, 0.1) is 0 Å². The Hall–Kier alpha value is -0.760. The summed E-state index contributed by atoms with van der Waals surface area (Å²) in [4.78, 5) is 0. The Morgan fingerprint density at radius 2 is 2.33 bits per heavy atom. The third kappa shape index (κ3) is 1.27. The molecule has 12 heavy (non-hydrogen) atoms. The minimum atomic E-state index is 0.565. The average molecular weight is 165 g/mol. The third-order valence-corrected chi connectivity index (χ3v) is 2.65. The van der Waals surface area contributed by atoms with Crippen molar-refractivity contribution in [1.29, 1.82) is 0 Å². The van der Waals surface area contributed by atoms with E-state index in [9.17, 15) is 0 Å². The molecule has 2 nitrogen and oxygen atoms in total. The van der Waals surface area contributed by atoms with Gasteiger partial charge < -0.3 is 9.73 Å². The summed E-state index contributed by atoms with van der Waals surface area (Å²) < 4.78 is 5.60. The van der Waals surface area contributed by atoms with E-state index in [0.717, 1.165) is 18.1 Å². The van der Waals surface area contributed by atoms with Crippen LogP contribution in [-0.4, -0.2) is 12.6 Å². The zero-order valence-corrected chi connectivity index (χ0v) is 7.63. The van der Waals surface area contributed by atoms with E-state index in [0.29, 0.717) is 12.0 Å². The second-order valence-electron chi connectivity index (χ2n) is 3.59. The Morgan fingerprint density at radius 1 is 1.50 bits per heavy atom. The Bertz CT molecular complexity index is 267. The number of nitrogens with one attached hydrogen (secondary N) is 1. The van der Waals surface area contributed by atoms with Crippen LogP contribution in [0.1, 0.15) is 30.8 Å². The molecule has 2 heterocycles. The van der Waals surface area contributed by atoms with Crippen LogP contribution in [0, 0.1) is 6.92 Å². The molecular formula is C10H15NO. The third-order valence-electron chi connectivity index (χ3n) is 2.65. The lowest BCUT2D eigenvalue weighted by molar-refractivity contribution is 0.426. The summed E-state index contributed by atoms with van der Waals surface area (Å²) in [5.41, 5.74) is 0. The number of rotatable bonds is 1. The van der Waals surface area contributed by atoms with Crippen molar-refractivity contribution in [3.8, 4) is 0 Å². The molecule has 1 aliphatic rings. The summed E-state index contributed by atoms with van der Waals surface area (Å²) in [6.07, 6.45) is 1.20. The minimum Gasteiger partial charge on any atom is -0.466 e. The topological polar surface area (TPSA) is 25.2 Å². The molecule has 2 unspecified atom stereocenters. The average Bonchev–Trinajstić information content (AvgIpc) is 2.58. The molecule has 0 amide bonds. The number of aryl methyl sites for hydroxylation is 1. The quantitative estimate of drug-likeness (QED) is 0.689. The lowest BCUT2D eigenvalue weighted by atomic mass is 9.99. The Labute approximate surface area is 73.0 Å². The zero-order valence-electron chi connectivity index (χ0n) is 7.63. The second kappa shape index (κ2) is 2.94. The van der Waals surface area contributed by atoms with Crippen molar-refractivity contribution in [3.63, 3.8) is 0 Å². The molecule has 2 heteroatoms. The smallest absolute Gasteiger partial charge is 0.108 e. The normalized spacial score (nSPS) is 29.5. The molecule has 0 aliphatic carbocycles. The van der Waals surface area contributed by atoms with E-state index in [1.54, 1.807) is 0 Å². The predicted octanol–water partition coefficient (Wildman–Crippen LogP) is 2.05. The van der Waals surface area contributed by atoms with Gasteiger partial charge in [0, 0.05) is 12.0 Å². The van der Waals surface area contributed by atoms with Crippen molar-refractivity contribution in [2.45, 2.75) is 32.2 Å². The highest BCUT2D eigenvalue weighted by Gasteiger charge is 2.26. The molecular weight excluding hydrogens is 150 g/mol. The predicted molar refractivity (Wildman–Crippen MR) is 48.3 cm³/mol. The molecule has 1 N–H and O–H groups in total. The van der Waals surface area contributed by atoms with Gasteiger partial charge in [-0.15, -0.1) is 0 Å². The van der Waals surface area contributed by atoms with Crippen LogP contribution in [0.2, 0.25) is 0 Å². The summed E-state index contributed by atoms with van der Waals surface area (Å²) >= 11 is 0. The number of hydrogen-bond acceptors (Lipinski definition) is 2. The molecule has 1 fully saturated rings. The first-order valence-corrected chi connectivity index (χ1v) is 4.57. The Balaban J connectivity index is 2.19. The largest absolute Gasteiger partial charge is 0.466 e. The summed E-state index contributed by atoms with van der Waals surface area (Å²) in [7, 11) is 0. The molecule has 0 aromatic carbocycles. The van der Waals surface area contributed by atoms with Gasteiger partial charge in [-0.05, 0) is 38.9 Å². The molecule has 1 aromatic heterocycles. The van der Waals surface area contributed by atoms with Crippen molar-refractivity contribution in [1.82, 2.24) is 5.32 Å². The van der Waals surface area contributed by atoms with Gasteiger partial charge in [-0.25, -0.2) is 0 Å². The first kappa shape index (κ1) is 7.87. The molecule has 0 bridgehead atoms. The Morgan fingerprint density at radius 3 is 2.83 bits per heavy atom. The molecule has 2 atom stereocenters. The number of furan rings is 1. The molecule has 0 spiro atoms. The first-order chi connectivity index (χ1) is 5.77. The van der Waals surface area contributed by atoms with Crippen LogP contribution in [0.5, 0.6) is 0 Å². The maximum Gasteiger partial charge on any atom is 0.108 e. The van der Waals surface area contributed by atoms with E-state index in [1.807, 2.05) is 13.0 Å². The summed E-state index contributed by atoms with van der Waals surface area (Å²) in [5.74, 6) is 2.74. The highest BCUT2D eigenvalue weighted by molar-refractivity contribution is 5.13. The van der Waals surface area contributed by atoms with E-state index in [-0.39, 0.29) is 0 Å². The standard InChI is InChI=1S/C10H15NO/c1-7-3-4-10(12-7)9-5-6-11-8(9)2/h3-4,8-9,11H,5-6H2,1-2H3. The van der Waals surface area contributed by atoms with Gasteiger partial charge in [-0.2, -0.15) is 0 Å². The Kier molecular flexibility index (Phi) is 1.93. The molecule has 0 saturated carbocycles. The van der Waals surface area contributed by atoms with Crippen LogP contribution in [0.4, 0.5) is 0 Å². The van der Waals surface area contributed by atoms with E-state index in [4.69, 9.17) is 4.42 Å². The second-order valence-corrected chi connectivity index (χ2v) is 3.59. The van der Waals surface area contributed by atoms with Crippen LogP contribution >= 0.6 is 0 Å². The summed E-state index contributed by atoms with van der Waals surface area (Å²) in [6.45, 7) is 5.33. The van der Waals surface area contributed by atoms with Crippen molar-refractivity contribution >= 4 is 0 Å². The summed E-state index contributed by atoms with van der Waals surface area (Å²) in [6, 6.07) is 4.71. The molecule has 2 rings (SSSR count). The molecule has 1 aliphatic heterocycles. The van der Waals surface area contributed by atoms with Crippen molar-refractivity contribution in [2.24, 2.45) is 0 Å². The SMILES string of the molecule is Cc1ccc(C2CCNC2C)o1. The maximum absolute atomic E-state index is 5.60.